The maximum absolute atomic E-state index is 12.8. The van der Waals surface area contributed by atoms with Crippen LogP contribution in [0.5, 0.6) is 5.75 Å². The van der Waals surface area contributed by atoms with Gasteiger partial charge in [-0.05, 0) is 37.0 Å². The maximum atomic E-state index is 12.8. The number of ketones is 1. The summed E-state index contributed by atoms with van der Waals surface area (Å²) in [7, 11) is 1.62. The minimum absolute atomic E-state index is 0.175. The zero-order valence-corrected chi connectivity index (χ0v) is 13.2. The molecule has 3 heteroatoms. The third-order valence-electron chi connectivity index (χ3n) is 4.20. The molecule has 1 saturated carbocycles. The summed E-state index contributed by atoms with van der Waals surface area (Å²) in [5.74, 6) is 1.65. The number of methoxy groups -OCH3 is 1. The van der Waals surface area contributed by atoms with Crippen LogP contribution in [-0.4, -0.2) is 12.9 Å². The monoisotopic (exact) mass is 324 g/mol. The van der Waals surface area contributed by atoms with Gasteiger partial charge in [0.2, 0.25) is 0 Å². The zero-order chi connectivity index (χ0) is 13.8. The SMILES string of the molecule is CCC1CCCCC1C(=O)c1ccc(Br)cc1OC. The van der Waals surface area contributed by atoms with Gasteiger partial charge in [0, 0.05) is 10.4 Å². The molecular weight excluding hydrogens is 304 g/mol. The van der Waals surface area contributed by atoms with Crippen LogP contribution < -0.4 is 4.74 Å². The molecule has 0 aliphatic heterocycles. The van der Waals surface area contributed by atoms with Gasteiger partial charge in [0.15, 0.2) is 5.78 Å². The zero-order valence-electron chi connectivity index (χ0n) is 11.6. The molecule has 1 aliphatic carbocycles. The number of halogens is 1. The van der Waals surface area contributed by atoms with Crippen LogP contribution in [0.4, 0.5) is 0 Å². The first-order chi connectivity index (χ1) is 9.17. The molecule has 1 aliphatic rings. The Kier molecular flexibility index (Phi) is 5.03. The van der Waals surface area contributed by atoms with E-state index < -0.39 is 0 Å². The highest BCUT2D eigenvalue weighted by Gasteiger charge is 2.31. The van der Waals surface area contributed by atoms with Crippen LogP contribution in [0.2, 0.25) is 0 Å². The Morgan fingerprint density at radius 3 is 2.79 bits per heavy atom. The second-order valence-corrected chi connectivity index (χ2v) is 6.18. The summed E-state index contributed by atoms with van der Waals surface area (Å²) in [6.07, 6.45) is 5.74. The van der Waals surface area contributed by atoms with Crippen molar-refractivity contribution in [2.75, 3.05) is 7.11 Å². The summed E-state index contributed by atoms with van der Waals surface area (Å²) in [5.41, 5.74) is 0.732. The molecule has 2 atom stereocenters. The van der Waals surface area contributed by atoms with Gasteiger partial charge < -0.3 is 4.74 Å². The van der Waals surface area contributed by atoms with Gasteiger partial charge in [-0.1, -0.05) is 42.1 Å². The van der Waals surface area contributed by atoms with E-state index in [1.165, 1.54) is 19.3 Å². The normalized spacial score (nSPS) is 23.1. The number of carbonyl (C=O) groups is 1. The van der Waals surface area contributed by atoms with E-state index in [1.54, 1.807) is 7.11 Å². The van der Waals surface area contributed by atoms with Crippen molar-refractivity contribution in [1.82, 2.24) is 0 Å². The van der Waals surface area contributed by atoms with E-state index >= 15 is 0 Å². The average Bonchev–Trinajstić information content (AvgIpc) is 2.46. The molecule has 0 amide bonds. The first-order valence-electron chi connectivity index (χ1n) is 7.05. The smallest absolute Gasteiger partial charge is 0.169 e. The topological polar surface area (TPSA) is 26.3 Å². The average molecular weight is 325 g/mol. The number of hydrogen-bond donors (Lipinski definition) is 0. The lowest BCUT2D eigenvalue weighted by molar-refractivity contribution is 0.0817. The van der Waals surface area contributed by atoms with Crippen molar-refractivity contribution in [3.8, 4) is 5.75 Å². The highest BCUT2D eigenvalue weighted by molar-refractivity contribution is 9.10. The largest absolute Gasteiger partial charge is 0.496 e. The lowest BCUT2D eigenvalue weighted by Crippen LogP contribution is -2.27. The molecular formula is C16H21BrO2. The summed E-state index contributed by atoms with van der Waals surface area (Å²) in [6, 6.07) is 5.67. The molecule has 2 unspecified atom stereocenters. The Balaban J connectivity index is 2.27. The molecule has 0 heterocycles. The van der Waals surface area contributed by atoms with Gasteiger partial charge >= 0.3 is 0 Å². The molecule has 1 aromatic rings. The van der Waals surface area contributed by atoms with Crippen LogP contribution in [0.15, 0.2) is 22.7 Å². The number of ether oxygens (including phenoxy) is 1. The van der Waals surface area contributed by atoms with Crippen LogP contribution >= 0.6 is 15.9 Å². The Morgan fingerprint density at radius 2 is 2.11 bits per heavy atom. The van der Waals surface area contributed by atoms with Crippen LogP contribution in [0.1, 0.15) is 49.4 Å². The van der Waals surface area contributed by atoms with Gasteiger partial charge in [0.1, 0.15) is 5.75 Å². The Morgan fingerprint density at radius 1 is 1.37 bits per heavy atom. The number of rotatable bonds is 4. The molecule has 1 aromatic carbocycles. The number of benzene rings is 1. The van der Waals surface area contributed by atoms with E-state index in [4.69, 9.17) is 4.74 Å². The van der Waals surface area contributed by atoms with Crippen LogP contribution in [0.3, 0.4) is 0 Å². The molecule has 1 fully saturated rings. The van der Waals surface area contributed by atoms with Crippen molar-refractivity contribution in [2.24, 2.45) is 11.8 Å². The molecule has 0 N–H and O–H groups in total. The highest BCUT2D eigenvalue weighted by Crippen LogP contribution is 2.36. The lowest BCUT2D eigenvalue weighted by atomic mass is 9.74. The van der Waals surface area contributed by atoms with Crippen molar-refractivity contribution >= 4 is 21.7 Å². The van der Waals surface area contributed by atoms with Crippen molar-refractivity contribution in [1.29, 1.82) is 0 Å². The molecule has 0 aromatic heterocycles. The number of hydrogen-bond acceptors (Lipinski definition) is 2. The first kappa shape index (κ1) is 14.6. The molecule has 0 saturated heterocycles. The van der Waals surface area contributed by atoms with Gasteiger partial charge in [-0.3, -0.25) is 4.79 Å². The fourth-order valence-electron chi connectivity index (χ4n) is 3.11. The lowest BCUT2D eigenvalue weighted by Gasteiger charge is -2.30. The van der Waals surface area contributed by atoms with Crippen LogP contribution in [-0.2, 0) is 0 Å². The molecule has 0 radical (unpaired) electrons. The predicted octanol–water partition coefficient (Wildman–Crippen LogP) is 4.86. The molecule has 2 nitrogen and oxygen atoms in total. The molecule has 2 rings (SSSR count). The fraction of sp³-hybridized carbons (Fsp3) is 0.562. The Labute approximate surface area is 123 Å². The van der Waals surface area contributed by atoms with Gasteiger partial charge in [0.25, 0.3) is 0 Å². The van der Waals surface area contributed by atoms with Crippen molar-refractivity contribution in [3.05, 3.63) is 28.2 Å². The summed E-state index contributed by atoms with van der Waals surface area (Å²) < 4.78 is 6.30. The number of carbonyl (C=O) groups excluding carboxylic acids is 1. The molecule has 104 valence electrons. The summed E-state index contributed by atoms with van der Waals surface area (Å²) in [4.78, 5) is 12.8. The van der Waals surface area contributed by atoms with E-state index in [0.717, 1.165) is 22.9 Å². The van der Waals surface area contributed by atoms with Gasteiger partial charge in [0.05, 0.1) is 12.7 Å². The van der Waals surface area contributed by atoms with Crippen molar-refractivity contribution in [2.45, 2.75) is 39.0 Å². The predicted molar refractivity (Wildman–Crippen MR) is 80.8 cm³/mol. The van der Waals surface area contributed by atoms with E-state index in [0.29, 0.717) is 11.7 Å². The van der Waals surface area contributed by atoms with Crippen molar-refractivity contribution < 1.29 is 9.53 Å². The van der Waals surface area contributed by atoms with E-state index in [2.05, 4.69) is 22.9 Å². The third kappa shape index (κ3) is 3.19. The second-order valence-electron chi connectivity index (χ2n) is 5.27. The quantitative estimate of drug-likeness (QED) is 0.739. The fourth-order valence-corrected chi connectivity index (χ4v) is 3.45. The highest BCUT2D eigenvalue weighted by atomic mass is 79.9. The second kappa shape index (κ2) is 6.56. The molecule has 0 bridgehead atoms. The Hall–Kier alpha value is -0.830. The molecule has 19 heavy (non-hydrogen) atoms. The molecule has 0 spiro atoms. The van der Waals surface area contributed by atoms with Gasteiger partial charge in [-0.15, -0.1) is 0 Å². The van der Waals surface area contributed by atoms with Crippen LogP contribution in [0.25, 0.3) is 0 Å². The summed E-state index contributed by atoms with van der Waals surface area (Å²) in [5, 5.41) is 0. The minimum Gasteiger partial charge on any atom is -0.496 e. The maximum Gasteiger partial charge on any atom is 0.169 e. The van der Waals surface area contributed by atoms with Crippen LogP contribution in [0, 0.1) is 11.8 Å². The van der Waals surface area contributed by atoms with Gasteiger partial charge in [-0.2, -0.15) is 0 Å². The van der Waals surface area contributed by atoms with E-state index in [1.807, 2.05) is 18.2 Å². The minimum atomic E-state index is 0.175. The van der Waals surface area contributed by atoms with Gasteiger partial charge in [-0.25, -0.2) is 0 Å². The Bertz CT molecular complexity index is 456. The summed E-state index contributed by atoms with van der Waals surface area (Å²) >= 11 is 3.42. The van der Waals surface area contributed by atoms with Crippen molar-refractivity contribution in [3.63, 3.8) is 0 Å². The standard InChI is InChI=1S/C16H21BrO2/c1-3-11-6-4-5-7-13(11)16(18)14-9-8-12(17)10-15(14)19-2/h8-11,13H,3-7H2,1-2H3. The number of Topliss-reactive ketones (excluding diaryl/α,β-unsaturated/α-hetero) is 1. The third-order valence-corrected chi connectivity index (χ3v) is 4.69. The first-order valence-corrected chi connectivity index (χ1v) is 7.84. The van der Waals surface area contributed by atoms with E-state index in [-0.39, 0.29) is 11.7 Å². The summed E-state index contributed by atoms with van der Waals surface area (Å²) in [6.45, 7) is 2.19. The van der Waals surface area contributed by atoms with E-state index in [9.17, 15) is 4.79 Å².